The molecule has 5 nitrogen and oxygen atoms in total. The van der Waals surface area contributed by atoms with Gasteiger partial charge in [0.15, 0.2) is 0 Å². The van der Waals surface area contributed by atoms with E-state index in [1.54, 1.807) is 39.3 Å². The fraction of sp³-hybridized carbons (Fsp3) is 0.562. The van der Waals surface area contributed by atoms with Crippen molar-refractivity contribution in [3.8, 4) is 11.5 Å². The van der Waals surface area contributed by atoms with Crippen molar-refractivity contribution >= 4 is 5.91 Å². The van der Waals surface area contributed by atoms with Gasteiger partial charge in [-0.05, 0) is 44.4 Å². The molecule has 0 radical (unpaired) electrons. The zero-order chi connectivity index (χ0) is 15.4. The first kappa shape index (κ1) is 15.6. The molecule has 2 rings (SSSR count). The van der Waals surface area contributed by atoms with Gasteiger partial charge in [0.1, 0.15) is 11.5 Å². The van der Waals surface area contributed by atoms with E-state index in [0.29, 0.717) is 23.5 Å². The van der Waals surface area contributed by atoms with Crippen molar-refractivity contribution in [1.82, 2.24) is 4.90 Å². The van der Waals surface area contributed by atoms with Crippen molar-refractivity contribution in [1.29, 1.82) is 0 Å². The summed E-state index contributed by atoms with van der Waals surface area (Å²) >= 11 is 0. The highest BCUT2D eigenvalue weighted by Crippen LogP contribution is 2.29. The minimum absolute atomic E-state index is 0.0612. The molecule has 1 aliphatic heterocycles. The number of methoxy groups -OCH3 is 2. The maximum absolute atomic E-state index is 12.8. The summed E-state index contributed by atoms with van der Waals surface area (Å²) in [6, 6.07) is 5.31. The second kappa shape index (κ2) is 6.80. The van der Waals surface area contributed by atoms with Crippen LogP contribution >= 0.6 is 0 Å². The summed E-state index contributed by atoms with van der Waals surface area (Å²) in [5, 5.41) is 9.58. The van der Waals surface area contributed by atoms with Gasteiger partial charge in [0, 0.05) is 12.6 Å². The van der Waals surface area contributed by atoms with E-state index < -0.39 is 6.10 Å². The van der Waals surface area contributed by atoms with E-state index in [-0.39, 0.29) is 11.9 Å². The Hall–Kier alpha value is -1.75. The van der Waals surface area contributed by atoms with Crippen LogP contribution in [-0.2, 0) is 0 Å². The summed E-state index contributed by atoms with van der Waals surface area (Å²) in [6.07, 6.45) is 2.10. The van der Waals surface area contributed by atoms with Gasteiger partial charge in [-0.3, -0.25) is 4.79 Å². The number of ether oxygens (including phenoxy) is 2. The lowest BCUT2D eigenvalue weighted by Crippen LogP contribution is -2.37. The molecule has 2 atom stereocenters. The van der Waals surface area contributed by atoms with Crippen LogP contribution in [0.5, 0.6) is 11.5 Å². The smallest absolute Gasteiger partial charge is 0.258 e. The van der Waals surface area contributed by atoms with Gasteiger partial charge >= 0.3 is 0 Å². The molecule has 0 spiro atoms. The summed E-state index contributed by atoms with van der Waals surface area (Å²) in [4.78, 5) is 14.6. The monoisotopic (exact) mass is 293 g/mol. The Balaban J connectivity index is 2.26. The van der Waals surface area contributed by atoms with Gasteiger partial charge in [-0.25, -0.2) is 0 Å². The summed E-state index contributed by atoms with van der Waals surface area (Å²) in [6.45, 7) is 2.48. The Morgan fingerprint density at radius 1 is 1.43 bits per heavy atom. The van der Waals surface area contributed by atoms with Crippen LogP contribution in [0.25, 0.3) is 0 Å². The lowest BCUT2D eigenvalue weighted by atomic mass is 10.1. The molecule has 0 aromatic heterocycles. The van der Waals surface area contributed by atoms with E-state index in [9.17, 15) is 9.90 Å². The number of hydrogen-bond acceptors (Lipinski definition) is 4. The molecule has 1 amide bonds. The van der Waals surface area contributed by atoms with Crippen molar-refractivity contribution in [3.05, 3.63) is 23.8 Å². The van der Waals surface area contributed by atoms with E-state index in [0.717, 1.165) is 19.4 Å². The number of nitrogens with zero attached hydrogens (tertiary/aromatic N) is 1. The van der Waals surface area contributed by atoms with Crippen LogP contribution in [0, 0.1) is 0 Å². The van der Waals surface area contributed by atoms with Gasteiger partial charge in [-0.1, -0.05) is 0 Å². The van der Waals surface area contributed by atoms with Crippen molar-refractivity contribution in [2.24, 2.45) is 0 Å². The molecule has 1 aliphatic rings. The molecule has 1 aromatic rings. The highest BCUT2D eigenvalue weighted by atomic mass is 16.5. The fourth-order valence-electron chi connectivity index (χ4n) is 2.88. The van der Waals surface area contributed by atoms with E-state index in [4.69, 9.17) is 9.47 Å². The van der Waals surface area contributed by atoms with E-state index in [1.807, 2.05) is 4.90 Å². The van der Waals surface area contributed by atoms with Gasteiger partial charge in [0.05, 0.1) is 25.9 Å². The number of likely N-dealkylation sites (tertiary alicyclic amines) is 1. The molecule has 1 aromatic carbocycles. The first-order valence-electron chi connectivity index (χ1n) is 7.28. The molecule has 1 fully saturated rings. The Bertz CT molecular complexity index is 501. The molecule has 0 aliphatic carbocycles. The molecular formula is C16H23NO4. The van der Waals surface area contributed by atoms with Gasteiger partial charge in [-0.15, -0.1) is 0 Å². The first-order chi connectivity index (χ1) is 10.1. The summed E-state index contributed by atoms with van der Waals surface area (Å²) in [5.41, 5.74) is 0.509. The molecule has 2 unspecified atom stereocenters. The molecule has 5 heteroatoms. The Morgan fingerprint density at radius 2 is 2.19 bits per heavy atom. The Morgan fingerprint density at radius 3 is 2.81 bits per heavy atom. The average Bonchev–Trinajstić information content (AvgIpc) is 2.93. The quantitative estimate of drug-likeness (QED) is 0.903. The number of rotatable bonds is 5. The number of carbonyl (C=O) groups is 1. The topological polar surface area (TPSA) is 59.0 Å². The van der Waals surface area contributed by atoms with Crippen molar-refractivity contribution in [3.63, 3.8) is 0 Å². The lowest BCUT2D eigenvalue weighted by molar-refractivity contribution is 0.0678. The third-order valence-electron chi connectivity index (χ3n) is 3.89. The van der Waals surface area contributed by atoms with E-state index in [1.165, 1.54) is 0 Å². The predicted molar refractivity (Wildman–Crippen MR) is 79.9 cm³/mol. The lowest BCUT2D eigenvalue weighted by Gasteiger charge is -2.26. The Labute approximate surface area is 125 Å². The van der Waals surface area contributed by atoms with Crippen molar-refractivity contribution in [2.45, 2.75) is 38.3 Å². The molecule has 0 saturated carbocycles. The zero-order valence-electron chi connectivity index (χ0n) is 12.8. The molecule has 1 heterocycles. The standard InChI is InChI=1S/C16H23NO4/c1-11(18)9-12-5-4-8-17(12)16(19)14-10-13(20-2)6-7-15(14)21-3/h6-7,10-12,18H,4-5,8-9H2,1-3H3. The largest absolute Gasteiger partial charge is 0.497 e. The van der Waals surface area contributed by atoms with Crippen LogP contribution in [-0.4, -0.2) is 48.8 Å². The number of amides is 1. The normalized spacial score (nSPS) is 19.4. The maximum atomic E-state index is 12.8. The number of hydrogen-bond donors (Lipinski definition) is 1. The summed E-state index contributed by atoms with van der Waals surface area (Å²) in [7, 11) is 3.12. The molecule has 0 bridgehead atoms. The fourth-order valence-corrected chi connectivity index (χ4v) is 2.88. The maximum Gasteiger partial charge on any atom is 0.258 e. The third-order valence-corrected chi connectivity index (χ3v) is 3.89. The van der Waals surface area contributed by atoms with Crippen LogP contribution in [0.15, 0.2) is 18.2 Å². The van der Waals surface area contributed by atoms with E-state index in [2.05, 4.69) is 0 Å². The number of carbonyl (C=O) groups excluding carboxylic acids is 1. The highest BCUT2D eigenvalue weighted by molar-refractivity contribution is 5.97. The second-order valence-corrected chi connectivity index (χ2v) is 5.45. The minimum atomic E-state index is -0.407. The predicted octanol–water partition coefficient (Wildman–Crippen LogP) is 2.08. The second-order valence-electron chi connectivity index (χ2n) is 5.45. The number of benzene rings is 1. The molecular weight excluding hydrogens is 270 g/mol. The van der Waals surface area contributed by atoms with Crippen LogP contribution in [0.4, 0.5) is 0 Å². The van der Waals surface area contributed by atoms with Gasteiger partial charge in [-0.2, -0.15) is 0 Å². The first-order valence-corrected chi connectivity index (χ1v) is 7.28. The molecule has 1 saturated heterocycles. The third kappa shape index (κ3) is 3.47. The van der Waals surface area contributed by atoms with Crippen LogP contribution in [0.1, 0.15) is 36.5 Å². The van der Waals surface area contributed by atoms with Crippen LogP contribution < -0.4 is 9.47 Å². The van der Waals surface area contributed by atoms with Crippen molar-refractivity contribution in [2.75, 3.05) is 20.8 Å². The molecule has 21 heavy (non-hydrogen) atoms. The number of aliphatic hydroxyl groups excluding tert-OH is 1. The van der Waals surface area contributed by atoms with Gasteiger partial charge in [0.25, 0.3) is 5.91 Å². The number of aliphatic hydroxyl groups is 1. The molecule has 1 N–H and O–H groups in total. The van der Waals surface area contributed by atoms with Crippen LogP contribution in [0.2, 0.25) is 0 Å². The van der Waals surface area contributed by atoms with Gasteiger partial charge < -0.3 is 19.5 Å². The Kier molecular flexibility index (Phi) is 5.07. The van der Waals surface area contributed by atoms with Crippen molar-refractivity contribution < 1.29 is 19.4 Å². The minimum Gasteiger partial charge on any atom is -0.497 e. The summed E-state index contributed by atoms with van der Waals surface area (Å²) in [5.74, 6) is 1.11. The van der Waals surface area contributed by atoms with Gasteiger partial charge in [0.2, 0.25) is 0 Å². The zero-order valence-corrected chi connectivity index (χ0v) is 12.8. The van der Waals surface area contributed by atoms with E-state index >= 15 is 0 Å². The van der Waals surface area contributed by atoms with Crippen LogP contribution in [0.3, 0.4) is 0 Å². The highest BCUT2D eigenvalue weighted by Gasteiger charge is 2.31. The SMILES string of the molecule is COc1ccc(OC)c(C(=O)N2CCCC2CC(C)O)c1. The molecule has 116 valence electrons. The average molecular weight is 293 g/mol. The summed E-state index contributed by atoms with van der Waals surface area (Å²) < 4.78 is 10.5.